The molecular formula is C35H31FN5NaO10S. The number of hydrogen-bond acceptors (Lipinski definition) is 10. The molecule has 270 valence electrons. The minimum atomic E-state index is -1.46. The fourth-order valence-corrected chi connectivity index (χ4v) is 7.59. The zero-order chi connectivity index (χ0) is 37.1. The van der Waals surface area contributed by atoms with E-state index in [-0.39, 0.29) is 89.8 Å². The molecule has 3 aromatic rings. The smallest absolute Gasteiger partial charge is 1.00 e. The van der Waals surface area contributed by atoms with Gasteiger partial charge in [0, 0.05) is 54.4 Å². The van der Waals surface area contributed by atoms with Crippen molar-refractivity contribution >= 4 is 53.0 Å². The molecule has 0 radical (unpaired) electrons. The van der Waals surface area contributed by atoms with Crippen molar-refractivity contribution in [2.45, 2.75) is 30.2 Å². The summed E-state index contributed by atoms with van der Waals surface area (Å²) in [6.07, 6.45) is 2.84. The number of nitrogens with zero attached hydrogens (tertiary/aromatic N) is 2. The number of anilines is 1. The third kappa shape index (κ3) is 8.38. The Morgan fingerprint density at radius 1 is 1.04 bits per heavy atom. The Bertz CT molecular complexity index is 2050. The summed E-state index contributed by atoms with van der Waals surface area (Å²) < 4.78 is 19.5. The predicted octanol–water partition coefficient (Wildman–Crippen LogP) is -0.512. The number of pyridine rings is 1. The van der Waals surface area contributed by atoms with Gasteiger partial charge in [-0.25, -0.2) is 14.0 Å². The van der Waals surface area contributed by atoms with Crippen molar-refractivity contribution in [3.8, 4) is 11.5 Å². The first-order valence-electron chi connectivity index (χ1n) is 15.8. The van der Waals surface area contributed by atoms with E-state index in [0.717, 1.165) is 17.0 Å². The summed E-state index contributed by atoms with van der Waals surface area (Å²) in [5.41, 5.74) is 0.855. The van der Waals surface area contributed by atoms with Gasteiger partial charge in [-0.1, -0.05) is 0 Å². The van der Waals surface area contributed by atoms with Crippen LogP contribution in [0, 0.1) is 5.82 Å². The number of aromatic nitrogens is 1. The second kappa shape index (κ2) is 16.6. The van der Waals surface area contributed by atoms with Gasteiger partial charge in [0.05, 0.1) is 5.56 Å². The number of carbonyl (C=O) groups excluding carboxylic acids is 4. The number of amides is 4. The molecule has 53 heavy (non-hydrogen) atoms. The molecule has 3 atom stereocenters. The number of benzene rings is 2. The van der Waals surface area contributed by atoms with E-state index >= 15 is 0 Å². The molecule has 1 aromatic heterocycles. The zero-order valence-electron chi connectivity index (χ0n) is 29.0. The van der Waals surface area contributed by atoms with Crippen LogP contribution >= 0.6 is 11.8 Å². The molecule has 6 N–H and O–H groups in total. The van der Waals surface area contributed by atoms with Crippen molar-refractivity contribution in [1.82, 2.24) is 20.5 Å². The molecule has 3 aliphatic heterocycles. The van der Waals surface area contributed by atoms with Crippen molar-refractivity contribution in [1.29, 1.82) is 0 Å². The second-order valence-corrected chi connectivity index (χ2v) is 13.0. The van der Waals surface area contributed by atoms with Crippen LogP contribution in [0.1, 0.15) is 36.1 Å². The molecule has 0 bridgehead atoms. The average Bonchev–Trinajstić information content (AvgIpc) is 3.55. The van der Waals surface area contributed by atoms with E-state index in [1.54, 1.807) is 12.1 Å². The van der Waals surface area contributed by atoms with Crippen LogP contribution in [-0.4, -0.2) is 91.1 Å². The number of carboxylic acid groups (broad SMARTS) is 2. The first kappa shape index (κ1) is 39.0. The normalized spacial score (nSPS) is 19.2. The van der Waals surface area contributed by atoms with Crippen molar-refractivity contribution in [2.75, 3.05) is 24.2 Å². The van der Waals surface area contributed by atoms with Crippen LogP contribution in [0.4, 0.5) is 10.1 Å². The number of allylic oxidation sites excluding steroid dienone is 1. The Kier molecular flexibility index (Phi) is 12.2. The van der Waals surface area contributed by atoms with Crippen molar-refractivity contribution in [2.24, 2.45) is 0 Å². The molecule has 0 aliphatic carbocycles. The summed E-state index contributed by atoms with van der Waals surface area (Å²) in [5.74, 6) is -7.29. The van der Waals surface area contributed by atoms with Gasteiger partial charge in [-0.2, -0.15) is 0 Å². The third-order valence-corrected chi connectivity index (χ3v) is 9.90. The summed E-state index contributed by atoms with van der Waals surface area (Å²) in [4.78, 5) is 82.2. The van der Waals surface area contributed by atoms with Crippen molar-refractivity contribution < 1.29 is 84.2 Å². The SMILES string of the molecule is O=C(CC(C(=C1CCNC1=O)C1=C(C(=O)O)N2C(=O)[C@@H](NC(=O)COc3ccc(C(=O)O)cc3)[C@H]2SC1)c1ccncc1)Nc1ccc(O)c(F)c1.[H-].[Na+]. The second-order valence-electron chi connectivity index (χ2n) is 11.9. The molecule has 1 unspecified atom stereocenters. The molecule has 0 saturated carbocycles. The molecule has 2 aromatic carbocycles. The largest absolute Gasteiger partial charge is 1.00 e. The van der Waals surface area contributed by atoms with E-state index in [0.29, 0.717) is 5.56 Å². The number of thioether (sulfide) groups is 1. The fourth-order valence-electron chi connectivity index (χ4n) is 6.23. The summed E-state index contributed by atoms with van der Waals surface area (Å²) >= 11 is 1.17. The maximum absolute atomic E-state index is 14.0. The van der Waals surface area contributed by atoms with Crippen LogP contribution in [-0.2, 0) is 24.0 Å². The van der Waals surface area contributed by atoms with Gasteiger partial charge in [-0.3, -0.25) is 29.1 Å². The molecule has 0 spiro atoms. The maximum Gasteiger partial charge on any atom is 1.00 e. The van der Waals surface area contributed by atoms with Gasteiger partial charge in [0.1, 0.15) is 22.9 Å². The molecule has 15 nitrogen and oxygen atoms in total. The van der Waals surface area contributed by atoms with E-state index in [4.69, 9.17) is 9.84 Å². The summed E-state index contributed by atoms with van der Waals surface area (Å²) in [7, 11) is 0. The number of phenols is 1. The minimum Gasteiger partial charge on any atom is -1.00 e. The van der Waals surface area contributed by atoms with Crippen molar-refractivity contribution in [3.63, 3.8) is 0 Å². The Morgan fingerprint density at radius 3 is 2.38 bits per heavy atom. The quantitative estimate of drug-likeness (QED) is 0.0595. The standard InChI is InChI=1S/C35H30FN5O10S.Na.H/c36-24-13-19(3-6-25(24)42)39-26(43)14-22(17-7-10-37-11-8-17)28(21-9-12-38-31(21)45)23-16-52-33-29(32(46)41(33)30(23)35(49)50)40-27(44)15-51-20-4-1-18(2-5-20)34(47)48;;/h1-8,10-11,13,22,29,33,42H,9,12,14-16H2,(H,38,45)(H,39,43)(H,40,44)(H,47,48)(H,49,50);;/q;+1;-1/t22?,29-,33-;;/m1../s1. The van der Waals surface area contributed by atoms with Crippen LogP contribution in [0.5, 0.6) is 11.5 Å². The number of nitrogens with one attached hydrogen (secondary N) is 3. The average molecular weight is 756 g/mol. The Morgan fingerprint density at radius 2 is 1.75 bits per heavy atom. The number of halogens is 1. The first-order chi connectivity index (χ1) is 24.9. The molecule has 6 rings (SSSR count). The van der Waals surface area contributed by atoms with E-state index < -0.39 is 76.8 Å². The van der Waals surface area contributed by atoms with Crippen LogP contribution < -0.4 is 50.2 Å². The number of phenolic OH excluding ortho intramolecular Hbond substituents is 1. The van der Waals surface area contributed by atoms with Gasteiger partial charge >= 0.3 is 41.5 Å². The molecule has 4 amide bonds. The van der Waals surface area contributed by atoms with Gasteiger partial charge in [0.2, 0.25) is 11.8 Å². The van der Waals surface area contributed by atoms with Crippen LogP contribution in [0.2, 0.25) is 0 Å². The number of aromatic carboxylic acids is 1. The van der Waals surface area contributed by atoms with Gasteiger partial charge < -0.3 is 37.4 Å². The summed E-state index contributed by atoms with van der Waals surface area (Å²) in [6.45, 7) is -0.244. The molecule has 4 heterocycles. The van der Waals surface area contributed by atoms with Gasteiger partial charge in [0.25, 0.3) is 11.8 Å². The summed E-state index contributed by atoms with van der Waals surface area (Å²) in [6, 6.07) is 10.8. The van der Waals surface area contributed by atoms with Crippen LogP contribution in [0.15, 0.2) is 89.4 Å². The molecule has 3 aliphatic rings. The van der Waals surface area contributed by atoms with E-state index in [1.165, 1.54) is 54.5 Å². The number of ether oxygens (including phenoxy) is 1. The number of rotatable bonds is 12. The molecular weight excluding hydrogens is 724 g/mol. The van der Waals surface area contributed by atoms with Gasteiger partial charge in [-0.05, 0) is 71.7 Å². The Labute approximate surface area is 328 Å². The van der Waals surface area contributed by atoms with Crippen LogP contribution in [0.3, 0.4) is 0 Å². The van der Waals surface area contributed by atoms with E-state index in [2.05, 4.69) is 20.9 Å². The van der Waals surface area contributed by atoms with E-state index in [1.807, 2.05) is 0 Å². The molecule has 18 heteroatoms. The van der Waals surface area contributed by atoms with Gasteiger partial charge in [0.15, 0.2) is 18.2 Å². The topological polar surface area (TPSA) is 225 Å². The Hall–Kier alpha value is -5.23. The minimum absolute atomic E-state index is 0. The number of fused-ring (bicyclic) bond motifs is 1. The van der Waals surface area contributed by atoms with Gasteiger partial charge in [-0.15, -0.1) is 11.8 Å². The fraction of sp³-hybridized carbons (Fsp3) is 0.229. The zero-order valence-corrected chi connectivity index (χ0v) is 30.8. The number of hydrogen-bond donors (Lipinski definition) is 6. The van der Waals surface area contributed by atoms with Crippen LogP contribution in [0.25, 0.3) is 0 Å². The number of carbonyl (C=O) groups is 6. The van der Waals surface area contributed by atoms with E-state index in [9.17, 15) is 43.4 Å². The Balaban J connectivity index is 0.00000325. The molecule has 2 fully saturated rings. The monoisotopic (exact) mass is 755 g/mol. The third-order valence-electron chi connectivity index (χ3n) is 8.62. The number of aliphatic carboxylic acids is 1. The summed E-state index contributed by atoms with van der Waals surface area (Å²) in [5, 5.41) is 36.2. The maximum atomic E-state index is 14.0. The number of carboxylic acids is 2. The number of β-lactam (4-membered cyclic amide) rings is 1. The van der Waals surface area contributed by atoms with Crippen molar-refractivity contribution in [3.05, 3.63) is 106 Å². The molecule has 2 saturated heterocycles. The first-order valence-corrected chi connectivity index (χ1v) is 16.8. The predicted molar refractivity (Wildman–Crippen MR) is 183 cm³/mol. The number of aromatic hydroxyl groups is 1.